The standard InChI is InChI=1S/C8H6FO2/c1-11-7-3-2-6(5-10)8(9)4-7/h2-4H,1H3. The maximum atomic E-state index is 12.7. The molecule has 0 amide bonds. The fourth-order valence-electron chi connectivity index (χ4n) is 0.706. The first kappa shape index (κ1) is 7.72. The lowest BCUT2D eigenvalue weighted by Gasteiger charge is -1.98. The van der Waals surface area contributed by atoms with E-state index in [1.807, 2.05) is 0 Å². The van der Waals surface area contributed by atoms with E-state index in [1.54, 1.807) is 0 Å². The molecule has 0 fully saturated rings. The highest BCUT2D eigenvalue weighted by atomic mass is 19.1. The van der Waals surface area contributed by atoms with Crippen LogP contribution in [0.15, 0.2) is 18.2 Å². The molecule has 0 saturated heterocycles. The average molecular weight is 153 g/mol. The van der Waals surface area contributed by atoms with Gasteiger partial charge in [-0.1, -0.05) is 0 Å². The second kappa shape index (κ2) is 3.14. The van der Waals surface area contributed by atoms with E-state index in [4.69, 9.17) is 4.74 Å². The molecule has 3 heteroatoms. The van der Waals surface area contributed by atoms with Gasteiger partial charge in [0, 0.05) is 6.07 Å². The van der Waals surface area contributed by atoms with Crippen LogP contribution in [0.4, 0.5) is 4.39 Å². The van der Waals surface area contributed by atoms with E-state index in [0.29, 0.717) is 5.75 Å². The predicted molar refractivity (Wildman–Crippen MR) is 37.7 cm³/mol. The zero-order valence-corrected chi connectivity index (χ0v) is 5.93. The van der Waals surface area contributed by atoms with Gasteiger partial charge in [0.05, 0.1) is 12.7 Å². The zero-order valence-electron chi connectivity index (χ0n) is 5.93. The molecule has 11 heavy (non-hydrogen) atoms. The molecular weight excluding hydrogens is 147 g/mol. The van der Waals surface area contributed by atoms with Crippen LogP contribution in [-0.4, -0.2) is 13.4 Å². The van der Waals surface area contributed by atoms with Crippen LogP contribution < -0.4 is 4.74 Å². The summed E-state index contributed by atoms with van der Waals surface area (Å²) in [5, 5.41) is 0. The molecule has 0 aliphatic carbocycles. The van der Waals surface area contributed by atoms with Gasteiger partial charge in [-0.3, -0.25) is 4.79 Å². The third kappa shape index (κ3) is 1.55. The minimum absolute atomic E-state index is 0.0780. The first-order valence-corrected chi connectivity index (χ1v) is 2.99. The minimum Gasteiger partial charge on any atom is -0.497 e. The van der Waals surface area contributed by atoms with Crippen molar-refractivity contribution >= 4 is 6.29 Å². The SMILES string of the molecule is COc1ccc([C]=O)c(F)c1. The monoisotopic (exact) mass is 153 g/mol. The normalized spacial score (nSPS) is 9.27. The van der Waals surface area contributed by atoms with Crippen LogP contribution in [0, 0.1) is 5.82 Å². The van der Waals surface area contributed by atoms with Crippen molar-refractivity contribution in [3.63, 3.8) is 0 Å². The fourth-order valence-corrected chi connectivity index (χ4v) is 0.706. The Hall–Kier alpha value is -1.38. The summed E-state index contributed by atoms with van der Waals surface area (Å²) in [7, 11) is 1.43. The highest BCUT2D eigenvalue weighted by Gasteiger charge is 2.01. The summed E-state index contributed by atoms with van der Waals surface area (Å²) >= 11 is 0. The molecular formula is C8H6FO2. The van der Waals surface area contributed by atoms with Crippen LogP contribution in [0.5, 0.6) is 5.75 Å². The number of hydrogen-bond donors (Lipinski definition) is 0. The maximum Gasteiger partial charge on any atom is 0.236 e. The van der Waals surface area contributed by atoms with Gasteiger partial charge in [-0.15, -0.1) is 0 Å². The third-order valence-corrected chi connectivity index (χ3v) is 1.29. The second-order valence-electron chi connectivity index (χ2n) is 1.95. The molecule has 1 rings (SSSR count). The van der Waals surface area contributed by atoms with Gasteiger partial charge in [-0.2, -0.15) is 0 Å². The molecule has 0 atom stereocenters. The van der Waals surface area contributed by atoms with Gasteiger partial charge in [0.25, 0.3) is 0 Å². The van der Waals surface area contributed by atoms with Gasteiger partial charge in [0.1, 0.15) is 11.6 Å². The topological polar surface area (TPSA) is 26.3 Å². The molecule has 0 heterocycles. The van der Waals surface area contributed by atoms with E-state index in [9.17, 15) is 9.18 Å². The van der Waals surface area contributed by atoms with Gasteiger partial charge in [0.15, 0.2) is 0 Å². The minimum atomic E-state index is -0.612. The molecule has 1 aromatic carbocycles. The Balaban J connectivity index is 3.09. The van der Waals surface area contributed by atoms with Crippen molar-refractivity contribution in [1.29, 1.82) is 0 Å². The van der Waals surface area contributed by atoms with Crippen molar-refractivity contribution in [2.75, 3.05) is 7.11 Å². The second-order valence-corrected chi connectivity index (χ2v) is 1.95. The summed E-state index contributed by atoms with van der Waals surface area (Å²) in [5.41, 5.74) is -0.0780. The molecule has 0 N–H and O–H groups in total. The summed E-state index contributed by atoms with van der Waals surface area (Å²) in [6.45, 7) is 0. The van der Waals surface area contributed by atoms with Crippen molar-refractivity contribution in [2.24, 2.45) is 0 Å². The number of methoxy groups -OCH3 is 1. The highest BCUT2D eigenvalue weighted by molar-refractivity contribution is 5.75. The van der Waals surface area contributed by atoms with Crippen LogP contribution in [0.2, 0.25) is 0 Å². The molecule has 0 aromatic heterocycles. The van der Waals surface area contributed by atoms with Crippen LogP contribution in [0.1, 0.15) is 5.56 Å². The third-order valence-electron chi connectivity index (χ3n) is 1.29. The lowest BCUT2D eigenvalue weighted by Crippen LogP contribution is -1.89. The summed E-state index contributed by atoms with van der Waals surface area (Å²) in [6.07, 6.45) is 1.47. The molecule has 57 valence electrons. The summed E-state index contributed by atoms with van der Waals surface area (Å²) in [6, 6.07) is 3.96. The number of ether oxygens (including phenoxy) is 1. The van der Waals surface area contributed by atoms with E-state index < -0.39 is 5.82 Å². The predicted octanol–water partition coefficient (Wildman–Crippen LogP) is 1.29. The number of carbonyl (C=O) groups excluding carboxylic acids is 1. The van der Waals surface area contributed by atoms with Gasteiger partial charge >= 0.3 is 0 Å². The summed E-state index contributed by atoms with van der Waals surface area (Å²) in [4.78, 5) is 10.0. The first-order valence-electron chi connectivity index (χ1n) is 2.99. The van der Waals surface area contributed by atoms with Crippen molar-refractivity contribution in [3.05, 3.63) is 29.6 Å². The van der Waals surface area contributed by atoms with Crippen molar-refractivity contribution in [3.8, 4) is 5.75 Å². The summed E-state index contributed by atoms with van der Waals surface area (Å²) < 4.78 is 17.4. The Morgan fingerprint density at radius 3 is 2.73 bits per heavy atom. The Bertz CT molecular complexity index is 271. The van der Waals surface area contributed by atoms with Gasteiger partial charge < -0.3 is 4.74 Å². The van der Waals surface area contributed by atoms with Crippen LogP contribution in [0.25, 0.3) is 0 Å². The van der Waals surface area contributed by atoms with E-state index in [1.165, 1.54) is 25.5 Å². The van der Waals surface area contributed by atoms with E-state index in [-0.39, 0.29) is 5.56 Å². The molecule has 2 nitrogen and oxygen atoms in total. The molecule has 0 saturated carbocycles. The van der Waals surface area contributed by atoms with E-state index >= 15 is 0 Å². The molecule has 1 aromatic rings. The molecule has 0 aliphatic heterocycles. The fraction of sp³-hybridized carbons (Fsp3) is 0.125. The van der Waals surface area contributed by atoms with Crippen LogP contribution in [0.3, 0.4) is 0 Å². The largest absolute Gasteiger partial charge is 0.497 e. The lowest BCUT2D eigenvalue weighted by atomic mass is 10.2. The first-order chi connectivity index (χ1) is 5.27. The van der Waals surface area contributed by atoms with Crippen molar-refractivity contribution in [1.82, 2.24) is 0 Å². The Morgan fingerprint density at radius 2 is 2.27 bits per heavy atom. The number of halogens is 1. The maximum absolute atomic E-state index is 12.7. The van der Waals surface area contributed by atoms with E-state index in [0.717, 1.165) is 6.07 Å². The Kier molecular flexibility index (Phi) is 2.21. The van der Waals surface area contributed by atoms with Crippen LogP contribution in [-0.2, 0) is 4.79 Å². The molecule has 0 spiro atoms. The smallest absolute Gasteiger partial charge is 0.236 e. The Labute approximate surface area is 63.6 Å². The van der Waals surface area contributed by atoms with Crippen molar-refractivity contribution in [2.45, 2.75) is 0 Å². The molecule has 0 aliphatic rings. The van der Waals surface area contributed by atoms with Gasteiger partial charge in [-0.05, 0) is 12.1 Å². The molecule has 0 unspecified atom stereocenters. The molecule has 1 radical (unpaired) electrons. The Morgan fingerprint density at radius 1 is 1.55 bits per heavy atom. The average Bonchev–Trinajstić information content (AvgIpc) is 2.04. The number of rotatable bonds is 2. The van der Waals surface area contributed by atoms with E-state index in [2.05, 4.69) is 0 Å². The van der Waals surface area contributed by atoms with Gasteiger partial charge in [0.2, 0.25) is 6.29 Å². The van der Waals surface area contributed by atoms with Crippen LogP contribution >= 0.6 is 0 Å². The molecule has 0 bridgehead atoms. The van der Waals surface area contributed by atoms with Crippen molar-refractivity contribution < 1.29 is 13.9 Å². The quantitative estimate of drug-likeness (QED) is 0.640. The highest BCUT2D eigenvalue weighted by Crippen LogP contribution is 2.14. The number of benzene rings is 1. The zero-order chi connectivity index (χ0) is 8.27. The van der Waals surface area contributed by atoms with Gasteiger partial charge in [-0.25, -0.2) is 4.39 Å². The number of hydrogen-bond acceptors (Lipinski definition) is 2. The summed E-state index contributed by atoms with van der Waals surface area (Å²) in [5.74, 6) is -0.221. The lowest BCUT2D eigenvalue weighted by molar-refractivity contribution is 0.411.